The van der Waals surface area contributed by atoms with E-state index in [2.05, 4.69) is 15.0 Å². The summed E-state index contributed by atoms with van der Waals surface area (Å²) in [6.45, 7) is 4.47. The number of nitrogens with one attached hydrogen (secondary N) is 2. The van der Waals surface area contributed by atoms with Crippen molar-refractivity contribution in [1.82, 2.24) is 4.98 Å². The molecule has 0 aliphatic rings. The van der Waals surface area contributed by atoms with Gasteiger partial charge in [0.2, 0.25) is 0 Å². The minimum Gasteiger partial charge on any atom is -0.465 e. The van der Waals surface area contributed by atoms with E-state index in [9.17, 15) is 24.5 Å². The zero-order valence-electron chi connectivity index (χ0n) is 15.7. The van der Waals surface area contributed by atoms with Gasteiger partial charge < -0.3 is 19.8 Å². The van der Waals surface area contributed by atoms with Crippen LogP contribution in [0.5, 0.6) is 0 Å². The number of carbonyl (C=O) groups is 3. The number of H-pyrrole nitrogens is 1. The number of aromatic amines is 1. The lowest BCUT2D eigenvalue weighted by atomic mass is 10.1. The largest absolute Gasteiger partial charge is 0.465 e. The predicted octanol–water partition coefficient (Wildman–Crippen LogP) is 2.51. The van der Waals surface area contributed by atoms with Gasteiger partial charge in [-0.1, -0.05) is 12.1 Å². The first kappa shape index (κ1) is 20.6. The molecule has 0 radical (unpaired) electrons. The smallest absolute Gasteiger partial charge is 0.355 e. The molecule has 0 fully saturated rings. The van der Waals surface area contributed by atoms with Crippen molar-refractivity contribution < 1.29 is 28.8 Å². The number of methoxy groups -OCH3 is 1. The number of nitro benzene ring substituents is 1. The van der Waals surface area contributed by atoms with Crippen LogP contribution in [0.3, 0.4) is 0 Å². The van der Waals surface area contributed by atoms with Crippen molar-refractivity contribution in [2.75, 3.05) is 12.4 Å². The van der Waals surface area contributed by atoms with Gasteiger partial charge in [-0.05, 0) is 32.4 Å². The first-order valence-electron chi connectivity index (χ1n) is 8.20. The number of hydrogen-bond acceptors (Lipinski definition) is 7. The van der Waals surface area contributed by atoms with Crippen molar-refractivity contribution in [3.63, 3.8) is 0 Å². The summed E-state index contributed by atoms with van der Waals surface area (Å²) in [5.41, 5.74) is 0.692. The number of nitro groups is 1. The van der Waals surface area contributed by atoms with E-state index in [4.69, 9.17) is 4.74 Å². The standard InChI is InChI=1S/C18H19N3O7/c1-9-14(17(23)27-4)10(2)19-15(9)18(24)28-11(3)16(22)20-12-7-5-6-8-13(12)21(25)26/h5-8,11,19H,1-4H3,(H,20,22). The highest BCUT2D eigenvalue weighted by molar-refractivity contribution is 6.01. The highest BCUT2D eigenvalue weighted by Gasteiger charge is 2.27. The summed E-state index contributed by atoms with van der Waals surface area (Å²) < 4.78 is 9.81. The molecule has 2 aromatic rings. The van der Waals surface area contributed by atoms with Crippen molar-refractivity contribution in [2.45, 2.75) is 26.9 Å². The number of ether oxygens (including phenoxy) is 2. The molecule has 1 atom stereocenters. The molecule has 0 saturated carbocycles. The Morgan fingerprint density at radius 1 is 1.18 bits per heavy atom. The zero-order valence-corrected chi connectivity index (χ0v) is 15.7. The lowest BCUT2D eigenvalue weighted by molar-refractivity contribution is -0.383. The number of esters is 2. The molecule has 1 aromatic carbocycles. The molecule has 148 valence electrons. The first-order valence-corrected chi connectivity index (χ1v) is 8.20. The summed E-state index contributed by atoms with van der Waals surface area (Å²) in [6, 6.07) is 5.60. The highest BCUT2D eigenvalue weighted by atomic mass is 16.6. The summed E-state index contributed by atoms with van der Waals surface area (Å²) in [5.74, 6) is -2.19. The van der Waals surface area contributed by atoms with Gasteiger partial charge in [-0.3, -0.25) is 14.9 Å². The quantitative estimate of drug-likeness (QED) is 0.439. The van der Waals surface area contributed by atoms with Gasteiger partial charge in [0.1, 0.15) is 11.4 Å². The van der Waals surface area contributed by atoms with Crippen LogP contribution >= 0.6 is 0 Å². The third-order valence-electron chi connectivity index (χ3n) is 4.04. The maximum Gasteiger partial charge on any atom is 0.355 e. The van der Waals surface area contributed by atoms with Crippen LogP contribution in [0.4, 0.5) is 11.4 Å². The number of aryl methyl sites for hydroxylation is 1. The summed E-state index contributed by atoms with van der Waals surface area (Å²) in [4.78, 5) is 49.6. The van der Waals surface area contributed by atoms with Gasteiger partial charge in [-0.25, -0.2) is 9.59 Å². The van der Waals surface area contributed by atoms with Crippen molar-refractivity contribution in [2.24, 2.45) is 0 Å². The van der Waals surface area contributed by atoms with Gasteiger partial charge in [0.15, 0.2) is 6.10 Å². The van der Waals surface area contributed by atoms with Crippen LogP contribution in [-0.2, 0) is 14.3 Å². The Morgan fingerprint density at radius 2 is 1.82 bits per heavy atom. The molecule has 1 heterocycles. The van der Waals surface area contributed by atoms with Crippen molar-refractivity contribution in [1.29, 1.82) is 0 Å². The topological polar surface area (TPSA) is 141 Å². The Hall–Kier alpha value is -3.69. The third-order valence-corrected chi connectivity index (χ3v) is 4.04. The number of carbonyl (C=O) groups excluding carboxylic acids is 3. The minimum atomic E-state index is -1.24. The molecular formula is C18H19N3O7. The number of nitrogens with zero attached hydrogens (tertiary/aromatic N) is 1. The van der Waals surface area contributed by atoms with Gasteiger partial charge in [0, 0.05) is 11.8 Å². The van der Waals surface area contributed by atoms with Gasteiger partial charge in [-0.2, -0.15) is 0 Å². The fourth-order valence-electron chi connectivity index (χ4n) is 2.61. The Bertz CT molecular complexity index is 949. The second kappa shape index (κ2) is 8.33. The lowest BCUT2D eigenvalue weighted by Gasteiger charge is -2.13. The summed E-state index contributed by atoms with van der Waals surface area (Å²) in [6.07, 6.45) is -1.24. The molecule has 0 spiro atoms. The average molecular weight is 389 g/mol. The third kappa shape index (κ3) is 4.17. The van der Waals surface area contributed by atoms with Crippen LogP contribution < -0.4 is 5.32 Å². The number of para-hydroxylation sites is 2. The van der Waals surface area contributed by atoms with Gasteiger partial charge >= 0.3 is 11.9 Å². The summed E-state index contributed by atoms with van der Waals surface area (Å²) in [7, 11) is 1.22. The van der Waals surface area contributed by atoms with Crippen molar-refractivity contribution in [3.05, 3.63) is 56.9 Å². The SMILES string of the molecule is COC(=O)c1c(C)[nH]c(C(=O)OC(C)C(=O)Nc2ccccc2[N+](=O)[O-])c1C. The molecular weight excluding hydrogens is 370 g/mol. The second-order valence-corrected chi connectivity index (χ2v) is 5.93. The molecule has 10 nitrogen and oxygen atoms in total. The summed E-state index contributed by atoms with van der Waals surface area (Å²) >= 11 is 0. The van der Waals surface area contributed by atoms with E-state index in [1.165, 1.54) is 38.3 Å². The normalized spacial score (nSPS) is 11.4. The molecule has 1 aromatic heterocycles. The minimum absolute atomic E-state index is 0.0136. The zero-order chi connectivity index (χ0) is 21.0. The fourth-order valence-corrected chi connectivity index (χ4v) is 2.61. The Kier molecular flexibility index (Phi) is 6.14. The maximum atomic E-state index is 12.4. The van der Waals surface area contributed by atoms with E-state index in [1.807, 2.05) is 0 Å². The van der Waals surface area contributed by atoms with Gasteiger partial charge in [0.25, 0.3) is 11.6 Å². The van der Waals surface area contributed by atoms with E-state index >= 15 is 0 Å². The molecule has 1 unspecified atom stereocenters. The number of rotatable bonds is 6. The Balaban J connectivity index is 2.14. The monoisotopic (exact) mass is 389 g/mol. The van der Waals surface area contributed by atoms with Crippen LogP contribution in [0.25, 0.3) is 0 Å². The Labute approximate surface area is 160 Å². The molecule has 0 aliphatic heterocycles. The summed E-state index contributed by atoms with van der Waals surface area (Å²) in [5, 5.41) is 13.4. The van der Waals surface area contributed by atoms with E-state index in [0.29, 0.717) is 11.3 Å². The molecule has 2 N–H and O–H groups in total. The lowest BCUT2D eigenvalue weighted by Crippen LogP contribution is -2.30. The van der Waals surface area contributed by atoms with Crippen molar-refractivity contribution in [3.8, 4) is 0 Å². The molecule has 0 bridgehead atoms. The van der Waals surface area contributed by atoms with Crippen LogP contribution in [-0.4, -0.2) is 41.0 Å². The molecule has 28 heavy (non-hydrogen) atoms. The first-order chi connectivity index (χ1) is 13.2. The van der Waals surface area contributed by atoms with Gasteiger partial charge in [-0.15, -0.1) is 0 Å². The van der Waals surface area contributed by atoms with E-state index in [1.54, 1.807) is 13.8 Å². The number of aromatic nitrogens is 1. The fraction of sp³-hybridized carbons (Fsp3) is 0.278. The molecule has 1 amide bonds. The number of anilines is 1. The maximum absolute atomic E-state index is 12.4. The highest BCUT2D eigenvalue weighted by Crippen LogP contribution is 2.24. The predicted molar refractivity (Wildman–Crippen MR) is 98.2 cm³/mol. The van der Waals surface area contributed by atoms with E-state index in [-0.39, 0.29) is 22.6 Å². The Morgan fingerprint density at radius 3 is 2.43 bits per heavy atom. The number of hydrogen-bond donors (Lipinski definition) is 2. The number of amides is 1. The van der Waals surface area contributed by atoms with E-state index in [0.717, 1.165) is 0 Å². The van der Waals surface area contributed by atoms with Crippen LogP contribution in [0, 0.1) is 24.0 Å². The van der Waals surface area contributed by atoms with Crippen LogP contribution in [0.15, 0.2) is 24.3 Å². The van der Waals surface area contributed by atoms with Crippen LogP contribution in [0.2, 0.25) is 0 Å². The molecule has 0 saturated heterocycles. The van der Waals surface area contributed by atoms with Gasteiger partial charge in [0.05, 0.1) is 17.6 Å². The van der Waals surface area contributed by atoms with E-state index < -0.39 is 28.9 Å². The molecule has 2 rings (SSSR count). The van der Waals surface area contributed by atoms with Crippen molar-refractivity contribution >= 4 is 29.2 Å². The average Bonchev–Trinajstić information content (AvgIpc) is 2.95. The van der Waals surface area contributed by atoms with Crippen LogP contribution in [0.1, 0.15) is 39.0 Å². The second-order valence-electron chi connectivity index (χ2n) is 5.93. The molecule has 0 aliphatic carbocycles. The number of benzene rings is 1. The molecule has 10 heteroatoms.